The van der Waals surface area contributed by atoms with E-state index in [9.17, 15) is 26.3 Å². The minimum absolute atomic E-state index is 0.162. The van der Waals surface area contributed by atoms with Gasteiger partial charge in [0, 0.05) is 0 Å². The zero-order valence-electron chi connectivity index (χ0n) is 43.6. The number of carbonyl (C=O) groups is 2. The summed E-state index contributed by atoms with van der Waals surface area (Å²) in [6.07, 6.45) is -10.4. The summed E-state index contributed by atoms with van der Waals surface area (Å²) >= 11 is 0. The Bertz CT molecular complexity index is 7050. The van der Waals surface area contributed by atoms with Crippen LogP contribution in [0.2, 0.25) is 0 Å². The Labute approximate surface area is 465 Å². The highest BCUT2D eigenvalue weighted by Gasteiger charge is 2.75. The van der Waals surface area contributed by atoms with Crippen LogP contribution in [0.25, 0.3) is 291 Å². The molecule has 0 atom stereocenters. The second kappa shape index (κ2) is 9.83. The molecule has 1 heterocycles. The first-order chi connectivity index (χ1) is 41.8. The average molecular weight is 1120 g/mol. The molecule has 1 fully saturated rings. The Balaban J connectivity index is 0.000000279. The summed E-state index contributed by atoms with van der Waals surface area (Å²) < 4.78 is 75.6. The third-order valence-electron chi connectivity index (χ3n) is 26.4. The number of likely N-dealkylation sites (tertiary alicyclic amines) is 1. The average Bonchev–Trinajstić information content (AvgIpc) is 1.38. The molecule has 8 nitrogen and oxygen atoms in total. The molecule has 0 saturated carbocycles. The van der Waals surface area contributed by atoms with Gasteiger partial charge in [-0.05, 0) is 313 Å². The van der Waals surface area contributed by atoms with E-state index in [1.54, 1.807) is 318 Å². The minimum atomic E-state index is -5.19. The van der Waals surface area contributed by atoms with Crippen LogP contribution in [-0.4, -0.2) is 76.9 Å². The number of carboxylic acids is 2. The SMILES string of the molecule is O=C([O-])C(F)(F)F.O=C([O-])C(F)(F)F.[NH3+]CCOCCOCC[NH+]1CC23c4c5c6c7c8c9c(c%10c%11c2c2c4c4c%12c5c5c6c6c8c8c%13c9c9c%10c%10c%11c%11c2c2c4c4c%12c%12c5c5c6c8c6c8c%13c9c9c%10c%10c%11c2c2c4c4c%12c5c6c5c8c9c%10c2c45)C73C1. The van der Waals surface area contributed by atoms with Crippen LogP contribution >= 0.6 is 0 Å². The van der Waals surface area contributed by atoms with Crippen molar-refractivity contribution in [1.29, 1.82) is 0 Å². The Kier molecular flexibility index (Phi) is 4.51. The topological polar surface area (TPSA) is 131 Å². The van der Waals surface area contributed by atoms with Crippen molar-refractivity contribution in [3.63, 3.8) is 0 Å². The smallest absolute Gasteiger partial charge is 0.430 e. The van der Waals surface area contributed by atoms with Crippen LogP contribution in [0.5, 0.6) is 0 Å². The molecule has 4 N–H and O–H groups in total. The summed E-state index contributed by atoms with van der Waals surface area (Å²) in [4.78, 5) is 19.3. The number of nitrogens with one attached hydrogen (secondary N) is 1. The summed E-state index contributed by atoms with van der Waals surface area (Å²) in [5, 5.41) is 108. The zero-order chi connectivity index (χ0) is 55.3. The predicted molar refractivity (Wildman–Crippen MR) is 321 cm³/mol. The van der Waals surface area contributed by atoms with Gasteiger partial charge < -0.3 is 39.9 Å². The van der Waals surface area contributed by atoms with E-state index in [1.807, 2.05) is 0 Å². The van der Waals surface area contributed by atoms with E-state index in [2.05, 4.69) is 5.73 Å². The fourth-order valence-corrected chi connectivity index (χ4v) is 25.8. The Hall–Kier alpha value is -9.18. The summed E-state index contributed by atoms with van der Waals surface area (Å²) in [5.74, 6) is -6.01. The fraction of sp³-hybridized carbons (Fsp3) is 0.167. The lowest BCUT2D eigenvalue weighted by Gasteiger charge is -2.47. The van der Waals surface area contributed by atoms with Gasteiger partial charge >= 0.3 is 12.4 Å². The molecule has 86 heavy (non-hydrogen) atoms. The molecule has 0 amide bonds. The molecule has 1 aliphatic heterocycles. The third kappa shape index (κ3) is 2.62. The Morgan fingerprint density at radius 2 is 0.465 bits per heavy atom. The molecule has 4 aliphatic carbocycles. The van der Waals surface area contributed by atoms with E-state index in [1.165, 1.54) is 0 Å². The molecule has 33 rings (SSSR count). The van der Waals surface area contributed by atoms with Crippen LogP contribution in [0.4, 0.5) is 26.3 Å². The van der Waals surface area contributed by atoms with Crippen molar-refractivity contribution in [2.24, 2.45) is 0 Å². The summed E-state index contributed by atoms with van der Waals surface area (Å²) in [5.41, 5.74) is 10.9. The number of rotatable bonds is 8. The van der Waals surface area contributed by atoms with Gasteiger partial charge in [-0.1, -0.05) is 0 Å². The van der Waals surface area contributed by atoms with Crippen molar-refractivity contribution >= 4 is 303 Å². The van der Waals surface area contributed by atoms with Gasteiger partial charge in [0.15, 0.2) is 0 Å². The molecule has 0 bridgehead atoms. The number of hydrogen-bond donors (Lipinski definition) is 2. The summed E-state index contributed by atoms with van der Waals surface area (Å²) in [6.45, 7) is 6.91. The fourth-order valence-electron chi connectivity index (χ4n) is 25.8. The normalized spacial score (nSPS) is 21.4. The lowest BCUT2D eigenvalue weighted by atomic mass is 9.50. The highest BCUT2D eigenvalue weighted by atomic mass is 19.4. The van der Waals surface area contributed by atoms with Gasteiger partial charge in [0.2, 0.25) is 0 Å². The van der Waals surface area contributed by atoms with Crippen LogP contribution in [0.3, 0.4) is 0 Å². The second-order valence-electron chi connectivity index (χ2n) is 28.1. The van der Waals surface area contributed by atoms with Crippen molar-refractivity contribution in [3.05, 3.63) is 22.3 Å². The molecular weight excluding hydrogens is 1100 g/mol. The quantitative estimate of drug-likeness (QED) is 0.0885. The zero-order valence-corrected chi connectivity index (χ0v) is 43.6. The van der Waals surface area contributed by atoms with Gasteiger partial charge in [-0.25, -0.2) is 0 Å². The summed E-state index contributed by atoms with van der Waals surface area (Å²) in [6, 6.07) is 0. The first-order valence-electron chi connectivity index (χ1n) is 29.9. The molecule has 396 valence electrons. The number of ether oxygens (including phenoxy) is 2. The lowest BCUT2D eigenvalue weighted by molar-refractivity contribution is -0.890. The molecule has 5 aliphatic rings. The van der Waals surface area contributed by atoms with Crippen LogP contribution in [-0.2, 0) is 29.9 Å². The van der Waals surface area contributed by atoms with Crippen molar-refractivity contribution in [1.82, 2.24) is 0 Å². The van der Waals surface area contributed by atoms with Gasteiger partial charge in [-0.2, -0.15) is 26.3 Å². The van der Waals surface area contributed by atoms with E-state index in [4.69, 9.17) is 29.3 Å². The largest absolute Gasteiger partial charge is 0.542 e. The number of halogens is 6. The van der Waals surface area contributed by atoms with Crippen molar-refractivity contribution in [3.8, 4) is 0 Å². The molecule has 2 spiro atoms. The first-order valence-corrected chi connectivity index (χ1v) is 29.9. The van der Waals surface area contributed by atoms with E-state index in [0.717, 1.165) is 32.8 Å². The molecule has 0 radical (unpaired) electrons. The lowest BCUT2D eigenvalue weighted by Crippen LogP contribution is -3.11. The Morgan fingerprint density at radius 3 is 0.616 bits per heavy atom. The number of alkyl halides is 6. The van der Waals surface area contributed by atoms with E-state index < -0.39 is 24.3 Å². The summed E-state index contributed by atoms with van der Waals surface area (Å²) in [7, 11) is 0. The van der Waals surface area contributed by atoms with E-state index in [0.29, 0.717) is 19.8 Å². The molecule has 28 aromatic rings. The van der Waals surface area contributed by atoms with E-state index in [-0.39, 0.29) is 10.8 Å². The number of aliphatic carboxylic acids is 2. The highest BCUT2D eigenvalue weighted by molar-refractivity contribution is 6.82. The highest BCUT2D eigenvalue weighted by Crippen LogP contribution is 2.84. The van der Waals surface area contributed by atoms with Gasteiger partial charge in [0.1, 0.15) is 18.5 Å². The van der Waals surface area contributed by atoms with Crippen LogP contribution < -0.4 is 20.8 Å². The number of benzene rings is 18. The molecule has 28 aromatic carbocycles. The number of carbonyl (C=O) groups excluding carboxylic acids is 2. The first kappa shape index (κ1) is 39.4. The van der Waals surface area contributed by atoms with Gasteiger partial charge in [-0.3, -0.25) is 0 Å². The maximum Gasteiger partial charge on any atom is 0.430 e. The maximum atomic E-state index is 10.5. The van der Waals surface area contributed by atoms with Crippen LogP contribution in [0, 0.1) is 0 Å². The van der Waals surface area contributed by atoms with Gasteiger partial charge in [0.25, 0.3) is 0 Å². The number of quaternary nitrogens is 2. The van der Waals surface area contributed by atoms with Gasteiger partial charge in [0.05, 0.1) is 56.9 Å². The minimum Gasteiger partial charge on any atom is -0.542 e. The Morgan fingerprint density at radius 1 is 0.314 bits per heavy atom. The molecule has 0 unspecified atom stereocenters. The molecule has 14 heteroatoms. The predicted octanol–water partition coefficient (Wildman–Crippen LogP) is 12.1. The van der Waals surface area contributed by atoms with Gasteiger partial charge in [-0.15, -0.1) is 0 Å². The van der Waals surface area contributed by atoms with Crippen LogP contribution in [0.15, 0.2) is 0 Å². The molecular formula is C72H20F6N2O6. The molecule has 0 aromatic heterocycles. The third-order valence-corrected chi connectivity index (χ3v) is 26.4. The van der Waals surface area contributed by atoms with Crippen molar-refractivity contribution in [2.75, 3.05) is 52.6 Å². The van der Waals surface area contributed by atoms with Crippen molar-refractivity contribution < 1.29 is 66.3 Å². The second-order valence-corrected chi connectivity index (χ2v) is 28.1. The van der Waals surface area contributed by atoms with Crippen LogP contribution in [0.1, 0.15) is 22.3 Å². The standard InChI is InChI=1S/C68H18N2O2.2C2HF3O2/c69-1-3-71-5-6-72-4-2-70-7-67-63-55-47-37-27-19-11-9-10-13-17-15(11)23-31-25(17)35-29-21(13)22-14(10)18-16-12(9)20(19)28-34-24(16)32-26(18)36-30(22)40-39(29)49-43(35)53-45(31)51(41(47)33(23)27)59(63)61(53)65-57(49)58-50(40)44(36)54-46(32)52-42(34)48(38(28)37)56(55)64(67)60(52)62(54)66(58)68(65,67)8-70;2*3-2(4,5)1(6)7/h1-8,69H2;2*(H,6,7). The van der Waals surface area contributed by atoms with E-state index >= 15 is 0 Å². The van der Waals surface area contributed by atoms with Crippen molar-refractivity contribution in [2.45, 2.75) is 23.2 Å². The number of carboxylic acid groups (broad SMARTS) is 2. The molecule has 1 saturated heterocycles. The maximum absolute atomic E-state index is 10.5. The monoisotopic (exact) mass is 1120 g/mol. The number of hydrogen-bond acceptors (Lipinski definition) is 6.